The van der Waals surface area contributed by atoms with Crippen molar-refractivity contribution in [3.05, 3.63) is 11.6 Å². The van der Waals surface area contributed by atoms with Gasteiger partial charge in [-0.3, -0.25) is 4.79 Å². The van der Waals surface area contributed by atoms with E-state index in [0.717, 1.165) is 19.3 Å². The average molecular weight is 318 g/mol. The number of esters is 1. The molecule has 3 fully saturated rings. The van der Waals surface area contributed by atoms with E-state index in [4.69, 9.17) is 9.47 Å². The van der Waals surface area contributed by atoms with Gasteiger partial charge in [-0.15, -0.1) is 0 Å². The number of carbonyl (C=O) groups is 1. The predicted octanol–water partition coefficient (Wildman–Crippen LogP) is 4.40. The van der Waals surface area contributed by atoms with Crippen LogP contribution in [-0.4, -0.2) is 23.8 Å². The molecule has 4 rings (SSSR count). The number of ether oxygens (including phenoxy) is 2. The maximum absolute atomic E-state index is 12.0. The second kappa shape index (κ2) is 4.62. The smallest absolute Gasteiger partial charge is 0.309 e. The summed E-state index contributed by atoms with van der Waals surface area (Å²) in [5.41, 5.74) is 1.17. The number of cyclic esters (lactones) is 1. The van der Waals surface area contributed by atoms with Gasteiger partial charge < -0.3 is 9.47 Å². The molecule has 0 radical (unpaired) electrons. The molecule has 2 heterocycles. The van der Waals surface area contributed by atoms with E-state index in [0.29, 0.717) is 24.4 Å². The first-order chi connectivity index (χ1) is 10.7. The molecule has 0 aromatic carbocycles. The van der Waals surface area contributed by atoms with E-state index in [1.54, 1.807) is 0 Å². The van der Waals surface area contributed by atoms with Gasteiger partial charge >= 0.3 is 5.97 Å². The molecule has 4 atom stereocenters. The van der Waals surface area contributed by atoms with Gasteiger partial charge in [0.1, 0.15) is 6.61 Å². The number of fused-ring (bicyclic) bond motifs is 2. The van der Waals surface area contributed by atoms with Crippen LogP contribution >= 0.6 is 0 Å². The first-order valence-corrected chi connectivity index (χ1v) is 9.26. The highest BCUT2D eigenvalue weighted by molar-refractivity contribution is 5.71. The molecule has 2 saturated heterocycles. The molecule has 2 aliphatic heterocycles. The Morgan fingerprint density at radius 2 is 1.87 bits per heavy atom. The summed E-state index contributed by atoms with van der Waals surface area (Å²) in [7, 11) is 0. The molecule has 3 nitrogen and oxygen atoms in total. The van der Waals surface area contributed by atoms with E-state index in [-0.39, 0.29) is 22.6 Å². The van der Waals surface area contributed by atoms with Crippen molar-refractivity contribution in [1.29, 1.82) is 0 Å². The molecule has 2 aliphatic carbocycles. The minimum Gasteiger partial charge on any atom is -0.461 e. The van der Waals surface area contributed by atoms with Gasteiger partial charge in [0.05, 0.1) is 17.6 Å². The zero-order chi connectivity index (χ0) is 16.5. The number of rotatable bonds is 0. The summed E-state index contributed by atoms with van der Waals surface area (Å²) in [6.07, 6.45) is 9.64. The van der Waals surface area contributed by atoms with Crippen LogP contribution in [0.25, 0.3) is 0 Å². The molecule has 0 aromatic heterocycles. The maximum atomic E-state index is 12.0. The van der Waals surface area contributed by atoms with Crippen LogP contribution in [0.15, 0.2) is 11.6 Å². The summed E-state index contributed by atoms with van der Waals surface area (Å²) in [6.45, 7) is 9.86. The number of hydrogen-bond acceptors (Lipinski definition) is 3. The van der Waals surface area contributed by atoms with Gasteiger partial charge in [-0.05, 0) is 55.9 Å². The topological polar surface area (TPSA) is 35.5 Å². The normalized spacial score (nSPS) is 48.4. The Kier molecular flexibility index (Phi) is 3.15. The van der Waals surface area contributed by atoms with Gasteiger partial charge in [0, 0.05) is 5.41 Å². The lowest BCUT2D eigenvalue weighted by Gasteiger charge is -2.61. The van der Waals surface area contributed by atoms with Gasteiger partial charge in [-0.1, -0.05) is 33.3 Å². The molecule has 0 aromatic rings. The minimum atomic E-state index is -0.358. The van der Waals surface area contributed by atoms with Crippen LogP contribution in [0, 0.1) is 16.7 Å². The zero-order valence-electron chi connectivity index (χ0n) is 15.0. The van der Waals surface area contributed by atoms with Crippen LogP contribution in [-0.2, 0) is 14.3 Å². The summed E-state index contributed by atoms with van der Waals surface area (Å²) in [4.78, 5) is 12.0. The zero-order valence-corrected chi connectivity index (χ0v) is 15.0. The van der Waals surface area contributed by atoms with Crippen molar-refractivity contribution >= 4 is 5.97 Å². The van der Waals surface area contributed by atoms with Crippen LogP contribution in [0.5, 0.6) is 0 Å². The molecule has 0 N–H and O–H groups in total. The molecule has 2 bridgehead atoms. The first-order valence-electron chi connectivity index (χ1n) is 9.26. The van der Waals surface area contributed by atoms with Gasteiger partial charge in [0.2, 0.25) is 0 Å². The van der Waals surface area contributed by atoms with E-state index in [1.807, 2.05) is 0 Å². The fraction of sp³-hybridized carbons (Fsp3) is 0.850. The first kappa shape index (κ1) is 15.7. The van der Waals surface area contributed by atoms with Crippen molar-refractivity contribution in [2.24, 2.45) is 16.7 Å². The van der Waals surface area contributed by atoms with Crippen molar-refractivity contribution in [1.82, 2.24) is 0 Å². The minimum absolute atomic E-state index is 0.111. The van der Waals surface area contributed by atoms with Gasteiger partial charge in [-0.2, -0.15) is 0 Å². The van der Waals surface area contributed by atoms with Crippen molar-refractivity contribution < 1.29 is 14.3 Å². The molecule has 4 aliphatic rings. The molecular formula is C20H30O3. The summed E-state index contributed by atoms with van der Waals surface area (Å²) in [6, 6.07) is 0. The largest absolute Gasteiger partial charge is 0.461 e. The van der Waals surface area contributed by atoms with E-state index in [1.165, 1.54) is 24.8 Å². The fourth-order valence-electron chi connectivity index (χ4n) is 6.38. The molecule has 23 heavy (non-hydrogen) atoms. The molecule has 1 spiro atoms. The van der Waals surface area contributed by atoms with Crippen molar-refractivity contribution in [3.63, 3.8) is 0 Å². The Hall–Kier alpha value is -0.830. The van der Waals surface area contributed by atoms with Gasteiger partial charge in [-0.25, -0.2) is 0 Å². The SMILES string of the molecule is CC1(C)CCC[C@@]2(C)[C@H]1CC=C1COC(=O)C[C@]3(C)CC[C@@]12O3. The molecular weight excluding hydrogens is 288 g/mol. The third-order valence-corrected chi connectivity index (χ3v) is 7.60. The highest BCUT2D eigenvalue weighted by atomic mass is 16.6. The van der Waals surface area contributed by atoms with E-state index >= 15 is 0 Å². The lowest BCUT2D eigenvalue weighted by molar-refractivity contribution is -0.204. The second-order valence-corrected chi connectivity index (χ2v) is 9.49. The van der Waals surface area contributed by atoms with Crippen LogP contribution in [0.3, 0.4) is 0 Å². The van der Waals surface area contributed by atoms with Crippen LogP contribution in [0.4, 0.5) is 0 Å². The highest BCUT2D eigenvalue weighted by Gasteiger charge is 2.66. The lowest BCUT2D eigenvalue weighted by Crippen LogP contribution is -2.60. The predicted molar refractivity (Wildman–Crippen MR) is 89.0 cm³/mol. The summed E-state index contributed by atoms with van der Waals surface area (Å²) >= 11 is 0. The Labute approximate surface area is 139 Å². The second-order valence-electron chi connectivity index (χ2n) is 9.49. The standard InChI is InChI=1S/C20H30O3/c1-17(2)8-5-9-19(4)15(17)7-6-14-13-22-16(21)12-18(3)10-11-20(14,19)23-18/h6,15H,5,7-13H2,1-4H3/t15-,18-,19-,20+/m0/s1. The molecule has 3 heteroatoms. The summed E-state index contributed by atoms with van der Waals surface area (Å²) in [5.74, 6) is 0.533. The number of allylic oxidation sites excluding steroid dienone is 1. The Morgan fingerprint density at radius 1 is 1.09 bits per heavy atom. The van der Waals surface area contributed by atoms with Crippen molar-refractivity contribution in [2.75, 3.05) is 6.61 Å². The van der Waals surface area contributed by atoms with Crippen LogP contribution in [0.1, 0.15) is 72.6 Å². The monoisotopic (exact) mass is 318 g/mol. The number of carbonyl (C=O) groups excluding carboxylic acids is 1. The fourth-order valence-corrected chi connectivity index (χ4v) is 6.38. The van der Waals surface area contributed by atoms with Gasteiger partial charge in [0.25, 0.3) is 0 Å². The third-order valence-electron chi connectivity index (χ3n) is 7.60. The van der Waals surface area contributed by atoms with Crippen molar-refractivity contribution in [3.8, 4) is 0 Å². The van der Waals surface area contributed by atoms with E-state index in [9.17, 15) is 4.79 Å². The maximum Gasteiger partial charge on any atom is 0.309 e. The van der Waals surface area contributed by atoms with E-state index in [2.05, 4.69) is 33.8 Å². The van der Waals surface area contributed by atoms with Gasteiger partial charge in [0.15, 0.2) is 0 Å². The molecule has 128 valence electrons. The molecule has 1 saturated carbocycles. The Morgan fingerprint density at radius 3 is 2.65 bits per heavy atom. The van der Waals surface area contributed by atoms with Crippen LogP contribution < -0.4 is 0 Å². The van der Waals surface area contributed by atoms with Crippen molar-refractivity contribution in [2.45, 2.75) is 83.8 Å². The molecule has 0 amide bonds. The quantitative estimate of drug-likeness (QED) is 0.490. The summed E-state index contributed by atoms with van der Waals surface area (Å²) in [5, 5.41) is 0. The highest BCUT2D eigenvalue weighted by Crippen LogP contribution is 2.66. The Bertz CT molecular complexity index is 577. The Balaban J connectivity index is 1.84. The third kappa shape index (κ3) is 2.01. The number of hydrogen-bond donors (Lipinski definition) is 0. The van der Waals surface area contributed by atoms with E-state index < -0.39 is 0 Å². The summed E-state index contributed by atoms with van der Waals surface area (Å²) < 4.78 is 12.4. The lowest BCUT2D eigenvalue weighted by atomic mass is 9.46. The molecule has 0 unspecified atom stereocenters. The van der Waals surface area contributed by atoms with Crippen LogP contribution in [0.2, 0.25) is 0 Å². The average Bonchev–Trinajstić information content (AvgIpc) is 2.79.